The minimum Gasteiger partial charge on any atom is -0.480 e. The molecule has 0 aliphatic carbocycles. The summed E-state index contributed by atoms with van der Waals surface area (Å²) in [6.45, 7) is 3.05. The van der Waals surface area contributed by atoms with Gasteiger partial charge in [0.05, 0.1) is 6.10 Å². The van der Waals surface area contributed by atoms with Gasteiger partial charge in [0.1, 0.15) is 18.2 Å². The molecule has 0 radical (unpaired) electrons. The highest BCUT2D eigenvalue weighted by Gasteiger charge is 2.22. The molecule has 0 aliphatic heterocycles. The number of aliphatic carboxylic acids is 1. The fraction of sp³-hybridized carbons (Fsp3) is 0.800. The van der Waals surface area contributed by atoms with Gasteiger partial charge in [-0.25, -0.2) is 0 Å². The van der Waals surface area contributed by atoms with Crippen LogP contribution >= 0.6 is 0 Å². The van der Waals surface area contributed by atoms with E-state index in [2.05, 4.69) is 0 Å². The van der Waals surface area contributed by atoms with Crippen LogP contribution in [0.5, 0.6) is 0 Å². The van der Waals surface area contributed by atoms with Gasteiger partial charge in [-0.3, -0.25) is 9.59 Å². The standard InChI is InChI=1S/C10H20N2O5/c1-5(13)3-8(12)10(16)17-6(2)4-7(11)9(14)15/h5-8,13H,3-4,11-12H2,1-2H3,(H,14,15). The fourth-order valence-electron chi connectivity index (χ4n) is 1.26. The van der Waals surface area contributed by atoms with Crippen LogP contribution in [0.4, 0.5) is 0 Å². The van der Waals surface area contributed by atoms with E-state index in [0.717, 1.165) is 0 Å². The maximum Gasteiger partial charge on any atom is 0.323 e. The van der Waals surface area contributed by atoms with Crippen molar-refractivity contribution >= 4 is 11.9 Å². The molecule has 0 heterocycles. The fourth-order valence-corrected chi connectivity index (χ4v) is 1.26. The van der Waals surface area contributed by atoms with Crippen LogP contribution in [-0.2, 0) is 14.3 Å². The number of nitrogens with two attached hydrogens (primary N) is 2. The Hall–Kier alpha value is -1.18. The van der Waals surface area contributed by atoms with Crippen molar-refractivity contribution in [1.82, 2.24) is 0 Å². The lowest BCUT2D eigenvalue weighted by atomic mass is 10.1. The molecule has 0 saturated carbocycles. The van der Waals surface area contributed by atoms with Gasteiger partial charge in [0.25, 0.3) is 0 Å². The first-order chi connectivity index (χ1) is 7.73. The van der Waals surface area contributed by atoms with E-state index in [1.165, 1.54) is 13.8 Å². The lowest BCUT2D eigenvalue weighted by molar-refractivity contribution is -0.152. The van der Waals surface area contributed by atoms with Gasteiger partial charge in [0.2, 0.25) is 0 Å². The molecule has 6 N–H and O–H groups in total. The number of carbonyl (C=O) groups is 2. The second-order valence-electron chi connectivity index (χ2n) is 4.12. The zero-order valence-electron chi connectivity index (χ0n) is 10.00. The molecule has 0 aromatic carbocycles. The van der Waals surface area contributed by atoms with Crippen molar-refractivity contribution in [2.24, 2.45) is 11.5 Å². The molecule has 0 spiro atoms. The van der Waals surface area contributed by atoms with Crippen LogP contribution in [0.2, 0.25) is 0 Å². The maximum atomic E-state index is 11.4. The van der Waals surface area contributed by atoms with Gasteiger partial charge >= 0.3 is 11.9 Å². The van der Waals surface area contributed by atoms with Gasteiger partial charge in [0.15, 0.2) is 0 Å². The molecule has 4 atom stereocenters. The molecular weight excluding hydrogens is 228 g/mol. The highest BCUT2D eigenvalue weighted by Crippen LogP contribution is 2.05. The lowest BCUT2D eigenvalue weighted by Crippen LogP contribution is -2.39. The summed E-state index contributed by atoms with van der Waals surface area (Å²) >= 11 is 0. The number of hydrogen-bond acceptors (Lipinski definition) is 6. The van der Waals surface area contributed by atoms with Crippen molar-refractivity contribution in [2.75, 3.05) is 0 Å². The van der Waals surface area contributed by atoms with E-state index in [0.29, 0.717) is 0 Å². The average molecular weight is 248 g/mol. The Morgan fingerprint density at radius 3 is 2.12 bits per heavy atom. The Morgan fingerprint density at radius 1 is 1.18 bits per heavy atom. The second kappa shape index (κ2) is 7.21. The summed E-state index contributed by atoms with van der Waals surface area (Å²) in [5.41, 5.74) is 10.8. The van der Waals surface area contributed by atoms with Crippen molar-refractivity contribution in [3.05, 3.63) is 0 Å². The predicted molar refractivity (Wildman–Crippen MR) is 60.1 cm³/mol. The Kier molecular flexibility index (Phi) is 6.71. The summed E-state index contributed by atoms with van der Waals surface area (Å²) in [7, 11) is 0. The summed E-state index contributed by atoms with van der Waals surface area (Å²) in [5.74, 6) is -1.82. The summed E-state index contributed by atoms with van der Waals surface area (Å²) in [6, 6.07) is -2.00. The first-order valence-electron chi connectivity index (χ1n) is 5.36. The smallest absolute Gasteiger partial charge is 0.323 e. The number of aliphatic hydroxyl groups is 1. The van der Waals surface area contributed by atoms with E-state index in [9.17, 15) is 9.59 Å². The Bertz CT molecular complexity index is 269. The molecule has 4 unspecified atom stereocenters. The lowest BCUT2D eigenvalue weighted by Gasteiger charge is -2.18. The zero-order valence-corrected chi connectivity index (χ0v) is 10.00. The number of ether oxygens (including phenoxy) is 1. The Labute approximate surface area is 99.7 Å². The highest BCUT2D eigenvalue weighted by molar-refractivity contribution is 5.76. The first kappa shape index (κ1) is 15.8. The van der Waals surface area contributed by atoms with Gasteiger partial charge < -0.3 is 26.4 Å². The van der Waals surface area contributed by atoms with Crippen LogP contribution in [0.25, 0.3) is 0 Å². The molecule has 0 aliphatic rings. The summed E-state index contributed by atoms with van der Waals surface area (Å²) in [5, 5.41) is 17.6. The van der Waals surface area contributed by atoms with Crippen molar-refractivity contribution in [1.29, 1.82) is 0 Å². The topological polar surface area (TPSA) is 136 Å². The minimum atomic E-state index is -1.15. The number of esters is 1. The first-order valence-corrected chi connectivity index (χ1v) is 5.36. The van der Waals surface area contributed by atoms with Crippen molar-refractivity contribution in [2.45, 2.75) is 51.0 Å². The van der Waals surface area contributed by atoms with E-state index < -0.39 is 36.2 Å². The van der Waals surface area contributed by atoms with E-state index >= 15 is 0 Å². The zero-order chi connectivity index (χ0) is 13.6. The molecule has 17 heavy (non-hydrogen) atoms. The van der Waals surface area contributed by atoms with Crippen LogP contribution in [0.15, 0.2) is 0 Å². The third-order valence-corrected chi connectivity index (χ3v) is 2.12. The van der Waals surface area contributed by atoms with Gasteiger partial charge in [0, 0.05) is 6.42 Å². The van der Waals surface area contributed by atoms with Crippen LogP contribution in [0.3, 0.4) is 0 Å². The summed E-state index contributed by atoms with van der Waals surface area (Å²) in [4.78, 5) is 21.9. The Morgan fingerprint density at radius 2 is 1.71 bits per heavy atom. The van der Waals surface area contributed by atoms with Gasteiger partial charge in [-0.05, 0) is 20.3 Å². The molecule has 100 valence electrons. The number of carboxylic acid groups (broad SMARTS) is 1. The van der Waals surface area contributed by atoms with Crippen molar-refractivity contribution in [3.63, 3.8) is 0 Å². The number of carbonyl (C=O) groups excluding carboxylic acids is 1. The average Bonchev–Trinajstić information content (AvgIpc) is 2.15. The molecule has 7 nitrogen and oxygen atoms in total. The minimum absolute atomic E-state index is 0.0163. The second-order valence-corrected chi connectivity index (χ2v) is 4.12. The molecule has 0 fully saturated rings. The van der Waals surface area contributed by atoms with Crippen LogP contribution in [0, 0.1) is 0 Å². The molecule has 0 saturated heterocycles. The number of hydrogen-bond donors (Lipinski definition) is 4. The molecule has 0 bridgehead atoms. The molecule has 0 aromatic heterocycles. The van der Waals surface area contributed by atoms with E-state index in [4.69, 9.17) is 26.4 Å². The third kappa shape index (κ3) is 6.88. The number of carboxylic acids is 1. The molecule has 0 aromatic rings. The van der Waals surface area contributed by atoms with Crippen molar-refractivity contribution < 1.29 is 24.5 Å². The monoisotopic (exact) mass is 248 g/mol. The van der Waals surface area contributed by atoms with E-state index in [-0.39, 0.29) is 12.8 Å². The molecule has 0 amide bonds. The highest BCUT2D eigenvalue weighted by atomic mass is 16.5. The number of aliphatic hydroxyl groups excluding tert-OH is 1. The van der Waals surface area contributed by atoms with E-state index in [1.807, 2.05) is 0 Å². The van der Waals surface area contributed by atoms with Crippen LogP contribution in [0.1, 0.15) is 26.7 Å². The van der Waals surface area contributed by atoms with Gasteiger partial charge in [-0.2, -0.15) is 0 Å². The van der Waals surface area contributed by atoms with Gasteiger partial charge in [-0.1, -0.05) is 0 Å². The van der Waals surface area contributed by atoms with Crippen molar-refractivity contribution in [3.8, 4) is 0 Å². The normalized spacial score (nSPS) is 17.9. The predicted octanol–water partition coefficient (Wildman–Crippen LogP) is -1.18. The summed E-state index contributed by atoms with van der Waals surface area (Å²) in [6.07, 6.45) is -1.22. The number of rotatable bonds is 7. The largest absolute Gasteiger partial charge is 0.480 e. The molecular formula is C10H20N2O5. The van der Waals surface area contributed by atoms with Gasteiger partial charge in [-0.15, -0.1) is 0 Å². The Balaban J connectivity index is 4.07. The summed E-state index contributed by atoms with van der Waals surface area (Å²) < 4.78 is 4.92. The van der Waals surface area contributed by atoms with E-state index in [1.54, 1.807) is 0 Å². The third-order valence-electron chi connectivity index (χ3n) is 2.12. The molecule has 0 rings (SSSR count). The molecule has 7 heteroatoms. The quantitative estimate of drug-likeness (QED) is 0.416. The SMILES string of the molecule is CC(O)CC(N)C(=O)OC(C)CC(N)C(=O)O. The van der Waals surface area contributed by atoms with Crippen LogP contribution < -0.4 is 11.5 Å². The maximum absolute atomic E-state index is 11.4. The van der Waals surface area contributed by atoms with Crippen LogP contribution in [-0.4, -0.2) is 46.4 Å².